The first-order chi connectivity index (χ1) is 6.12. The van der Waals surface area contributed by atoms with Gasteiger partial charge in [0.25, 0.3) is 0 Å². The van der Waals surface area contributed by atoms with Crippen molar-refractivity contribution in [3.63, 3.8) is 0 Å². The maximum Gasteiger partial charge on any atom is 0.240 e. The summed E-state index contributed by atoms with van der Waals surface area (Å²) < 4.78 is 0. The standard InChI is InChI=1S/C8H13N3O2/c9-6(12)4-10-7(13)8-1-5(2-8)3-11-8/h5,11H,1-4H2,(H2,9,12)(H,10,13). The lowest BCUT2D eigenvalue weighted by molar-refractivity contribution is -0.131. The molecule has 0 aromatic heterocycles. The van der Waals surface area contributed by atoms with E-state index in [-0.39, 0.29) is 18.0 Å². The summed E-state index contributed by atoms with van der Waals surface area (Å²) in [6.07, 6.45) is 1.80. The Labute approximate surface area is 76.0 Å². The summed E-state index contributed by atoms with van der Waals surface area (Å²) in [6.45, 7) is 0.858. The third-order valence-corrected chi connectivity index (χ3v) is 2.86. The van der Waals surface area contributed by atoms with Crippen LogP contribution in [-0.2, 0) is 9.59 Å². The first-order valence-corrected chi connectivity index (χ1v) is 4.44. The predicted molar refractivity (Wildman–Crippen MR) is 45.7 cm³/mol. The van der Waals surface area contributed by atoms with E-state index in [1.807, 2.05) is 0 Å². The second-order valence-corrected chi connectivity index (χ2v) is 3.89. The molecule has 0 spiro atoms. The molecule has 0 atom stereocenters. The van der Waals surface area contributed by atoms with E-state index in [0.717, 1.165) is 19.4 Å². The minimum absolute atomic E-state index is 0.0626. The molecule has 0 unspecified atom stereocenters. The molecular weight excluding hydrogens is 170 g/mol. The van der Waals surface area contributed by atoms with Gasteiger partial charge in [0.05, 0.1) is 12.1 Å². The van der Waals surface area contributed by atoms with Crippen LogP contribution in [0.3, 0.4) is 0 Å². The zero-order valence-electron chi connectivity index (χ0n) is 7.30. The van der Waals surface area contributed by atoms with Crippen molar-refractivity contribution in [2.75, 3.05) is 13.1 Å². The van der Waals surface area contributed by atoms with Gasteiger partial charge in [0, 0.05) is 0 Å². The van der Waals surface area contributed by atoms with Gasteiger partial charge in [-0.2, -0.15) is 0 Å². The molecule has 2 heterocycles. The number of fused-ring (bicyclic) bond motifs is 1. The fourth-order valence-corrected chi connectivity index (χ4v) is 2.16. The molecule has 72 valence electrons. The molecule has 2 aliphatic heterocycles. The summed E-state index contributed by atoms with van der Waals surface area (Å²) in [6, 6.07) is 0. The van der Waals surface area contributed by atoms with Crippen LogP contribution in [-0.4, -0.2) is 30.4 Å². The van der Waals surface area contributed by atoms with Crippen molar-refractivity contribution in [1.29, 1.82) is 0 Å². The van der Waals surface area contributed by atoms with Gasteiger partial charge in [-0.05, 0) is 25.3 Å². The zero-order valence-corrected chi connectivity index (χ0v) is 7.30. The minimum Gasteiger partial charge on any atom is -0.368 e. The summed E-state index contributed by atoms with van der Waals surface area (Å²) in [5.41, 5.74) is 4.55. The lowest BCUT2D eigenvalue weighted by atomic mass is 9.73. The number of rotatable bonds is 3. The molecular formula is C8H13N3O2. The lowest BCUT2D eigenvalue weighted by Crippen LogP contribution is -2.57. The van der Waals surface area contributed by atoms with Crippen LogP contribution in [0.4, 0.5) is 0 Å². The number of nitrogens with one attached hydrogen (secondary N) is 2. The Kier molecular flexibility index (Phi) is 1.76. The van der Waals surface area contributed by atoms with Gasteiger partial charge in [-0.3, -0.25) is 9.59 Å². The van der Waals surface area contributed by atoms with Crippen LogP contribution in [0.5, 0.6) is 0 Å². The van der Waals surface area contributed by atoms with E-state index in [1.165, 1.54) is 0 Å². The summed E-state index contributed by atoms with van der Waals surface area (Å²) in [7, 11) is 0. The molecule has 0 radical (unpaired) electrons. The number of amides is 2. The minimum atomic E-state index is -0.501. The van der Waals surface area contributed by atoms with Crippen molar-refractivity contribution in [3.05, 3.63) is 0 Å². The lowest BCUT2D eigenvalue weighted by Gasteiger charge is -2.35. The topological polar surface area (TPSA) is 84.2 Å². The fraction of sp³-hybridized carbons (Fsp3) is 0.750. The van der Waals surface area contributed by atoms with Crippen LogP contribution in [0.15, 0.2) is 0 Å². The van der Waals surface area contributed by atoms with E-state index in [9.17, 15) is 9.59 Å². The Morgan fingerprint density at radius 3 is 2.69 bits per heavy atom. The highest BCUT2D eigenvalue weighted by Gasteiger charge is 2.55. The van der Waals surface area contributed by atoms with Gasteiger partial charge >= 0.3 is 0 Å². The molecule has 1 saturated carbocycles. The third-order valence-electron chi connectivity index (χ3n) is 2.86. The molecule has 2 bridgehead atoms. The van der Waals surface area contributed by atoms with E-state index >= 15 is 0 Å². The molecule has 3 rings (SSSR count). The van der Waals surface area contributed by atoms with Crippen LogP contribution >= 0.6 is 0 Å². The molecule has 2 saturated heterocycles. The van der Waals surface area contributed by atoms with E-state index in [0.29, 0.717) is 5.92 Å². The zero-order chi connectivity index (χ0) is 9.47. The summed E-state index contributed by atoms with van der Waals surface area (Å²) in [4.78, 5) is 22.0. The Morgan fingerprint density at radius 1 is 1.54 bits per heavy atom. The second-order valence-electron chi connectivity index (χ2n) is 3.89. The Balaban J connectivity index is 1.87. The number of carbonyl (C=O) groups is 2. The fourth-order valence-electron chi connectivity index (χ4n) is 2.16. The number of carbonyl (C=O) groups excluding carboxylic acids is 2. The Hall–Kier alpha value is -1.10. The molecule has 1 aliphatic carbocycles. The Morgan fingerprint density at radius 2 is 2.23 bits per heavy atom. The largest absolute Gasteiger partial charge is 0.368 e. The monoisotopic (exact) mass is 183 g/mol. The van der Waals surface area contributed by atoms with Crippen LogP contribution in [0.2, 0.25) is 0 Å². The first-order valence-electron chi connectivity index (χ1n) is 4.44. The van der Waals surface area contributed by atoms with Gasteiger partial charge in [-0.1, -0.05) is 0 Å². The van der Waals surface area contributed by atoms with E-state index < -0.39 is 5.91 Å². The van der Waals surface area contributed by atoms with Gasteiger partial charge in [-0.25, -0.2) is 0 Å². The summed E-state index contributed by atoms with van der Waals surface area (Å²) in [5, 5.41) is 5.69. The average Bonchev–Trinajstić information content (AvgIpc) is 2.56. The molecule has 3 aliphatic rings. The SMILES string of the molecule is NC(=O)CNC(=O)C12CC(CN1)C2. The highest BCUT2D eigenvalue weighted by atomic mass is 16.2. The maximum atomic E-state index is 11.5. The molecule has 2 amide bonds. The average molecular weight is 183 g/mol. The van der Waals surface area contributed by atoms with Crippen LogP contribution in [0.1, 0.15) is 12.8 Å². The van der Waals surface area contributed by atoms with Crippen molar-refractivity contribution < 1.29 is 9.59 Å². The molecule has 0 aromatic rings. The van der Waals surface area contributed by atoms with Gasteiger partial charge in [0.2, 0.25) is 11.8 Å². The van der Waals surface area contributed by atoms with Crippen molar-refractivity contribution >= 4 is 11.8 Å². The van der Waals surface area contributed by atoms with Gasteiger partial charge in [0.1, 0.15) is 0 Å². The number of primary amides is 1. The molecule has 5 nitrogen and oxygen atoms in total. The molecule has 13 heavy (non-hydrogen) atoms. The van der Waals surface area contributed by atoms with E-state index in [1.54, 1.807) is 0 Å². The van der Waals surface area contributed by atoms with E-state index in [2.05, 4.69) is 10.6 Å². The molecule has 0 aromatic carbocycles. The van der Waals surface area contributed by atoms with Gasteiger partial charge in [0.15, 0.2) is 0 Å². The third kappa shape index (κ3) is 1.29. The number of nitrogens with two attached hydrogens (primary N) is 1. The van der Waals surface area contributed by atoms with Gasteiger partial charge in [-0.15, -0.1) is 0 Å². The maximum absolute atomic E-state index is 11.5. The van der Waals surface area contributed by atoms with Gasteiger partial charge < -0.3 is 16.4 Å². The van der Waals surface area contributed by atoms with Crippen LogP contribution in [0.25, 0.3) is 0 Å². The van der Waals surface area contributed by atoms with Crippen molar-refractivity contribution in [2.24, 2.45) is 11.7 Å². The molecule has 3 fully saturated rings. The smallest absolute Gasteiger partial charge is 0.240 e. The van der Waals surface area contributed by atoms with Crippen LogP contribution < -0.4 is 16.4 Å². The quantitative estimate of drug-likeness (QED) is 0.489. The van der Waals surface area contributed by atoms with Crippen molar-refractivity contribution in [3.8, 4) is 0 Å². The van der Waals surface area contributed by atoms with E-state index in [4.69, 9.17) is 5.73 Å². The summed E-state index contributed by atoms with van der Waals surface area (Å²) in [5.74, 6) is 0.0676. The summed E-state index contributed by atoms with van der Waals surface area (Å²) >= 11 is 0. The first kappa shape index (κ1) is 8.50. The normalized spacial score (nSPS) is 35.2. The highest BCUT2D eigenvalue weighted by molar-refractivity contribution is 5.91. The van der Waals surface area contributed by atoms with Crippen molar-refractivity contribution in [2.45, 2.75) is 18.4 Å². The molecule has 5 heteroatoms. The second kappa shape index (κ2) is 2.70. The molecule has 4 N–H and O–H groups in total. The Bertz CT molecular complexity index is 253. The number of hydrogen-bond acceptors (Lipinski definition) is 3. The predicted octanol–water partition coefficient (Wildman–Crippen LogP) is -1.66. The number of hydrogen-bond donors (Lipinski definition) is 3. The van der Waals surface area contributed by atoms with Crippen molar-refractivity contribution in [1.82, 2.24) is 10.6 Å². The van der Waals surface area contributed by atoms with Crippen LogP contribution in [0, 0.1) is 5.92 Å². The highest BCUT2D eigenvalue weighted by Crippen LogP contribution is 2.43.